The van der Waals surface area contributed by atoms with Crippen LogP contribution in [-0.2, 0) is 11.3 Å². The quantitative estimate of drug-likeness (QED) is 0.534. The third-order valence-electron chi connectivity index (χ3n) is 3.45. The molecule has 0 aliphatic carbocycles. The lowest BCUT2D eigenvalue weighted by Crippen LogP contribution is -2.09. The molecular weight excluding hydrogens is 274 g/mol. The van der Waals surface area contributed by atoms with Crippen molar-refractivity contribution in [2.45, 2.75) is 6.54 Å². The lowest BCUT2D eigenvalue weighted by Gasteiger charge is -2.05. The van der Waals surface area contributed by atoms with Gasteiger partial charge in [0.05, 0.1) is 13.7 Å². The minimum atomic E-state index is -0.349. The van der Waals surface area contributed by atoms with E-state index in [-0.39, 0.29) is 5.97 Å². The minimum absolute atomic E-state index is 0.349. The van der Waals surface area contributed by atoms with E-state index in [1.54, 1.807) is 0 Å². The average Bonchev–Trinajstić information content (AvgIpc) is 2.94. The molecule has 3 rings (SSSR count). The number of para-hydroxylation sites is 1. The molecule has 0 N–H and O–H groups in total. The first-order valence-electron chi connectivity index (χ1n) is 7.00. The summed E-state index contributed by atoms with van der Waals surface area (Å²) in [5.74, 6) is 5.88. The smallest absolute Gasteiger partial charge is 0.354 e. The topological polar surface area (TPSA) is 31.2 Å². The Morgan fingerprint density at radius 2 is 1.82 bits per heavy atom. The van der Waals surface area contributed by atoms with E-state index in [4.69, 9.17) is 4.74 Å². The molecule has 1 heterocycles. The Kier molecular flexibility index (Phi) is 3.93. The van der Waals surface area contributed by atoms with Crippen LogP contribution in [0.25, 0.3) is 10.9 Å². The Bertz CT molecular complexity index is 867. The van der Waals surface area contributed by atoms with E-state index in [0.29, 0.717) is 12.2 Å². The van der Waals surface area contributed by atoms with Crippen LogP contribution in [0, 0.1) is 11.8 Å². The first-order chi connectivity index (χ1) is 10.8. The number of benzene rings is 2. The Hall–Kier alpha value is -2.99. The van der Waals surface area contributed by atoms with Crippen molar-refractivity contribution in [2.75, 3.05) is 7.11 Å². The summed E-state index contributed by atoms with van der Waals surface area (Å²) >= 11 is 0. The predicted octanol–water partition coefficient (Wildman–Crippen LogP) is 3.48. The van der Waals surface area contributed by atoms with E-state index in [2.05, 4.69) is 11.8 Å². The normalized spacial score (nSPS) is 10.0. The van der Waals surface area contributed by atoms with Crippen LogP contribution in [0.5, 0.6) is 0 Å². The van der Waals surface area contributed by atoms with E-state index in [0.717, 1.165) is 16.5 Å². The van der Waals surface area contributed by atoms with Crippen LogP contribution in [0.3, 0.4) is 0 Å². The Morgan fingerprint density at radius 1 is 1.09 bits per heavy atom. The second kappa shape index (κ2) is 6.19. The highest BCUT2D eigenvalue weighted by Gasteiger charge is 2.14. The Morgan fingerprint density at radius 3 is 2.59 bits per heavy atom. The maximum Gasteiger partial charge on any atom is 0.354 e. The molecule has 0 amide bonds. The van der Waals surface area contributed by atoms with Gasteiger partial charge < -0.3 is 9.30 Å². The molecule has 3 heteroatoms. The van der Waals surface area contributed by atoms with Crippen molar-refractivity contribution in [2.24, 2.45) is 0 Å². The molecule has 2 aromatic carbocycles. The first-order valence-corrected chi connectivity index (χ1v) is 7.00. The van der Waals surface area contributed by atoms with Gasteiger partial charge in [0, 0.05) is 16.5 Å². The Balaban J connectivity index is 1.99. The molecule has 0 radical (unpaired) electrons. The second-order valence-electron chi connectivity index (χ2n) is 4.83. The molecule has 22 heavy (non-hydrogen) atoms. The van der Waals surface area contributed by atoms with Crippen molar-refractivity contribution in [3.63, 3.8) is 0 Å². The number of methoxy groups -OCH3 is 1. The molecule has 1 aromatic heterocycles. The molecule has 0 fully saturated rings. The summed E-state index contributed by atoms with van der Waals surface area (Å²) < 4.78 is 6.75. The number of ether oxygens (including phenoxy) is 1. The maximum absolute atomic E-state index is 11.9. The van der Waals surface area contributed by atoms with Gasteiger partial charge in [0.2, 0.25) is 0 Å². The lowest BCUT2D eigenvalue weighted by atomic mass is 10.2. The van der Waals surface area contributed by atoms with Crippen molar-refractivity contribution < 1.29 is 9.53 Å². The largest absolute Gasteiger partial charge is 0.464 e. The number of carbonyl (C=O) groups excluding carboxylic acids is 1. The van der Waals surface area contributed by atoms with Crippen molar-refractivity contribution in [3.05, 3.63) is 71.9 Å². The number of fused-ring (bicyclic) bond motifs is 1. The minimum Gasteiger partial charge on any atom is -0.464 e. The molecule has 108 valence electrons. The molecule has 0 saturated carbocycles. The van der Waals surface area contributed by atoms with E-state index in [9.17, 15) is 4.79 Å². The van der Waals surface area contributed by atoms with Gasteiger partial charge in [-0.2, -0.15) is 0 Å². The number of hydrogen-bond acceptors (Lipinski definition) is 2. The van der Waals surface area contributed by atoms with Gasteiger partial charge in [-0.05, 0) is 24.3 Å². The molecule has 0 aliphatic rings. The van der Waals surface area contributed by atoms with Crippen LogP contribution in [0.2, 0.25) is 0 Å². The number of rotatable bonds is 2. The monoisotopic (exact) mass is 289 g/mol. The molecule has 0 spiro atoms. The highest BCUT2D eigenvalue weighted by Crippen LogP contribution is 2.20. The van der Waals surface area contributed by atoms with Gasteiger partial charge in [0.15, 0.2) is 0 Å². The molecule has 0 unspecified atom stereocenters. The zero-order valence-electron chi connectivity index (χ0n) is 12.2. The van der Waals surface area contributed by atoms with Crippen LogP contribution in [0.1, 0.15) is 16.1 Å². The lowest BCUT2D eigenvalue weighted by molar-refractivity contribution is 0.0590. The fourth-order valence-electron chi connectivity index (χ4n) is 2.40. The standard InChI is InChI=1S/C19H15NO2/c1-22-19(21)18-14-16-11-5-6-12-17(16)20(18)13-7-10-15-8-3-2-4-9-15/h2-6,8-9,11-12,14H,13H2,1H3. The zero-order valence-corrected chi connectivity index (χ0v) is 12.2. The number of hydrogen-bond donors (Lipinski definition) is 0. The first kappa shape index (κ1) is 14.0. The van der Waals surface area contributed by atoms with Gasteiger partial charge >= 0.3 is 5.97 Å². The summed E-state index contributed by atoms with van der Waals surface area (Å²) in [7, 11) is 1.39. The van der Waals surface area contributed by atoms with E-state index in [1.807, 2.05) is 65.2 Å². The van der Waals surface area contributed by atoms with Gasteiger partial charge in [-0.1, -0.05) is 48.2 Å². The highest BCUT2D eigenvalue weighted by molar-refractivity contribution is 5.95. The number of esters is 1. The molecular formula is C19H15NO2. The van der Waals surface area contributed by atoms with Crippen LogP contribution >= 0.6 is 0 Å². The van der Waals surface area contributed by atoms with Crippen molar-refractivity contribution in [1.82, 2.24) is 4.57 Å². The summed E-state index contributed by atoms with van der Waals surface area (Å²) in [5.41, 5.74) is 2.45. The summed E-state index contributed by atoms with van der Waals surface area (Å²) in [5, 5.41) is 1.00. The molecule has 0 aliphatic heterocycles. The number of carbonyl (C=O) groups is 1. The molecule has 0 bridgehead atoms. The highest BCUT2D eigenvalue weighted by atomic mass is 16.5. The van der Waals surface area contributed by atoms with E-state index in [1.165, 1.54) is 7.11 Å². The molecule has 3 nitrogen and oxygen atoms in total. The summed E-state index contributed by atoms with van der Waals surface area (Å²) in [6.45, 7) is 0.437. The number of nitrogens with zero attached hydrogens (tertiary/aromatic N) is 1. The van der Waals surface area contributed by atoms with Crippen LogP contribution < -0.4 is 0 Å². The Labute approximate surface area is 129 Å². The van der Waals surface area contributed by atoms with Crippen molar-refractivity contribution in [3.8, 4) is 11.8 Å². The van der Waals surface area contributed by atoms with Crippen LogP contribution in [0.4, 0.5) is 0 Å². The van der Waals surface area contributed by atoms with Gasteiger partial charge in [-0.25, -0.2) is 4.79 Å². The second-order valence-corrected chi connectivity index (χ2v) is 4.83. The third kappa shape index (κ3) is 2.72. The SMILES string of the molecule is COC(=O)c1cc2ccccc2n1CC#Cc1ccccc1. The predicted molar refractivity (Wildman–Crippen MR) is 86.6 cm³/mol. The fraction of sp³-hybridized carbons (Fsp3) is 0.105. The summed E-state index contributed by atoms with van der Waals surface area (Å²) in [4.78, 5) is 11.9. The van der Waals surface area contributed by atoms with Gasteiger partial charge in [-0.15, -0.1) is 0 Å². The van der Waals surface area contributed by atoms with Crippen molar-refractivity contribution >= 4 is 16.9 Å². The van der Waals surface area contributed by atoms with Gasteiger partial charge in [-0.3, -0.25) is 0 Å². The van der Waals surface area contributed by atoms with Crippen molar-refractivity contribution in [1.29, 1.82) is 0 Å². The van der Waals surface area contributed by atoms with Gasteiger partial charge in [0.25, 0.3) is 0 Å². The maximum atomic E-state index is 11.9. The zero-order chi connectivity index (χ0) is 15.4. The molecule has 3 aromatic rings. The fourth-order valence-corrected chi connectivity index (χ4v) is 2.40. The molecule has 0 atom stereocenters. The van der Waals surface area contributed by atoms with Crippen LogP contribution in [-0.4, -0.2) is 17.6 Å². The average molecular weight is 289 g/mol. The van der Waals surface area contributed by atoms with Crippen LogP contribution in [0.15, 0.2) is 60.7 Å². The van der Waals surface area contributed by atoms with E-state index >= 15 is 0 Å². The third-order valence-corrected chi connectivity index (χ3v) is 3.45. The molecule has 0 saturated heterocycles. The number of aromatic nitrogens is 1. The summed E-state index contributed by atoms with van der Waals surface area (Å²) in [6.07, 6.45) is 0. The van der Waals surface area contributed by atoms with Gasteiger partial charge in [0.1, 0.15) is 5.69 Å². The van der Waals surface area contributed by atoms with E-state index < -0.39 is 0 Å². The summed E-state index contributed by atoms with van der Waals surface area (Å²) in [6, 6.07) is 19.5.